The average molecular weight is 347 g/mol. The highest BCUT2D eigenvalue weighted by Crippen LogP contribution is 2.32. The number of fused-ring (bicyclic) bond motifs is 1. The Hall–Kier alpha value is -1.85. The summed E-state index contributed by atoms with van der Waals surface area (Å²) >= 11 is 6.42. The molecule has 4 rings (SSSR count). The minimum Gasteiger partial charge on any atom is -0.348 e. The summed E-state index contributed by atoms with van der Waals surface area (Å²) in [6.07, 6.45) is 3.26. The number of benzene rings is 1. The highest BCUT2D eigenvalue weighted by atomic mass is 35.5. The molecular weight excluding hydrogens is 327 g/mol. The van der Waals surface area contributed by atoms with Gasteiger partial charge in [0.15, 0.2) is 5.62 Å². The molecular formula is C18H20ClFN4. The molecule has 1 unspecified atom stereocenters. The zero-order valence-electron chi connectivity index (χ0n) is 13.3. The fourth-order valence-electron chi connectivity index (χ4n) is 3.65. The Morgan fingerprint density at radius 3 is 2.88 bits per heavy atom. The van der Waals surface area contributed by atoms with Gasteiger partial charge in [-0.25, -0.2) is 4.39 Å². The van der Waals surface area contributed by atoms with Crippen LogP contribution in [0.15, 0.2) is 47.6 Å². The van der Waals surface area contributed by atoms with E-state index in [1.54, 1.807) is 6.21 Å². The number of alkyl halides is 2. The minimum atomic E-state index is -0.861. The normalized spacial score (nSPS) is 27.2. The van der Waals surface area contributed by atoms with Gasteiger partial charge in [-0.1, -0.05) is 41.9 Å². The number of H-pyrrole nitrogens is 1. The molecule has 1 saturated heterocycles. The standard InChI is InChI=1S/C18H20ClFN4/c19-18-22-9-14-6-7-21-17(14)24(18)16-8-15(20)11-23(12-16)10-13-4-2-1-3-5-13/h1-7,9,15-16,18,21H,8,10-12H2/t15-,16-,18?/m1/s1. The van der Waals surface area contributed by atoms with Crippen molar-refractivity contribution in [3.8, 4) is 0 Å². The molecule has 0 amide bonds. The molecule has 24 heavy (non-hydrogen) atoms. The predicted octanol–water partition coefficient (Wildman–Crippen LogP) is 3.39. The van der Waals surface area contributed by atoms with Crippen LogP contribution in [0.2, 0.25) is 0 Å². The number of hydrogen-bond acceptors (Lipinski definition) is 3. The molecule has 1 fully saturated rings. The lowest BCUT2D eigenvalue weighted by atomic mass is 10.0. The van der Waals surface area contributed by atoms with Gasteiger partial charge in [0.2, 0.25) is 0 Å². The lowest BCUT2D eigenvalue weighted by Gasteiger charge is -2.43. The van der Waals surface area contributed by atoms with Crippen molar-refractivity contribution in [2.45, 2.75) is 30.8 Å². The fourth-order valence-corrected chi connectivity index (χ4v) is 3.96. The zero-order valence-corrected chi connectivity index (χ0v) is 14.0. The van der Waals surface area contributed by atoms with E-state index < -0.39 is 11.8 Å². The molecule has 1 aromatic carbocycles. The lowest BCUT2D eigenvalue weighted by Crippen LogP contribution is -2.54. The van der Waals surface area contributed by atoms with Gasteiger partial charge >= 0.3 is 0 Å². The second kappa shape index (κ2) is 6.57. The average Bonchev–Trinajstić information content (AvgIpc) is 3.03. The number of aromatic amines is 1. The number of piperidine rings is 1. The van der Waals surface area contributed by atoms with E-state index in [0.717, 1.165) is 24.5 Å². The largest absolute Gasteiger partial charge is 0.348 e. The number of halogens is 2. The molecule has 4 nitrogen and oxygen atoms in total. The topological polar surface area (TPSA) is 34.6 Å². The SMILES string of the molecule is F[C@@H]1C[C@@H](N2c3[nH]ccc3C=NC2Cl)CN(Cc2ccccc2)C1. The van der Waals surface area contributed by atoms with Crippen molar-refractivity contribution < 1.29 is 4.39 Å². The molecule has 0 bridgehead atoms. The second-order valence-corrected chi connectivity index (χ2v) is 6.83. The lowest BCUT2D eigenvalue weighted by molar-refractivity contribution is 0.114. The summed E-state index contributed by atoms with van der Waals surface area (Å²) in [4.78, 5) is 11.7. The first kappa shape index (κ1) is 15.7. The van der Waals surface area contributed by atoms with Crippen molar-refractivity contribution >= 4 is 23.6 Å². The predicted molar refractivity (Wildman–Crippen MR) is 95.5 cm³/mol. The maximum Gasteiger partial charge on any atom is 0.199 e. The Labute approximate surface area is 145 Å². The van der Waals surface area contributed by atoms with Crippen LogP contribution in [0.4, 0.5) is 10.2 Å². The molecule has 126 valence electrons. The van der Waals surface area contributed by atoms with Crippen molar-refractivity contribution in [2.24, 2.45) is 4.99 Å². The first-order chi connectivity index (χ1) is 11.7. The van der Waals surface area contributed by atoms with Gasteiger partial charge in [0.1, 0.15) is 12.0 Å². The summed E-state index contributed by atoms with van der Waals surface area (Å²) in [5.74, 6) is 0.934. The minimum absolute atomic E-state index is 0.00480. The van der Waals surface area contributed by atoms with Crippen LogP contribution in [-0.2, 0) is 6.54 Å². The summed E-state index contributed by atoms with van der Waals surface area (Å²) in [6.45, 7) is 1.99. The molecule has 0 aliphatic carbocycles. The van der Waals surface area contributed by atoms with E-state index in [1.165, 1.54) is 5.56 Å². The van der Waals surface area contributed by atoms with Crippen LogP contribution in [0.25, 0.3) is 0 Å². The van der Waals surface area contributed by atoms with E-state index in [9.17, 15) is 4.39 Å². The summed E-state index contributed by atoms with van der Waals surface area (Å²) in [6, 6.07) is 12.1. The Morgan fingerprint density at radius 1 is 1.21 bits per heavy atom. The number of aliphatic imine (C=N–C) groups is 1. The Kier molecular flexibility index (Phi) is 4.29. The fraction of sp³-hybridized carbons (Fsp3) is 0.389. The monoisotopic (exact) mass is 346 g/mol. The van der Waals surface area contributed by atoms with Crippen LogP contribution >= 0.6 is 11.6 Å². The van der Waals surface area contributed by atoms with Gasteiger partial charge in [0.25, 0.3) is 0 Å². The smallest absolute Gasteiger partial charge is 0.199 e. The Morgan fingerprint density at radius 2 is 2.04 bits per heavy atom. The van der Waals surface area contributed by atoms with Crippen LogP contribution in [-0.4, -0.2) is 47.0 Å². The molecule has 2 aliphatic rings. The molecule has 3 atom stereocenters. The number of hydrogen-bond donors (Lipinski definition) is 1. The van der Waals surface area contributed by atoms with E-state index >= 15 is 0 Å². The van der Waals surface area contributed by atoms with Crippen molar-refractivity contribution in [3.63, 3.8) is 0 Å². The highest BCUT2D eigenvalue weighted by Gasteiger charge is 2.36. The molecule has 0 saturated carbocycles. The van der Waals surface area contributed by atoms with Gasteiger partial charge in [0.05, 0.1) is 0 Å². The van der Waals surface area contributed by atoms with Crippen LogP contribution in [0.5, 0.6) is 0 Å². The third kappa shape index (κ3) is 3.06. The molecule has 2 aliphatic heterocycles. The van der Waals surface area contributed by atoms with Gasteiger partial charge in [0, 0.05) is 50.1 Å². The van der Waals surface area contributed by atoms with Crippen molar-refractivity contribution in [1.29, 1.82) is 0 Å². The number of anilines is 1. The Bertz CT molecular complexity index is 717. The van der Waals surface area contributed by atoms with Crippen molar-refractivity contribution in [1.82, 2.24) is 9.88 Å². The summed E-state index contributed by atoms with van der Waals surface area (Å²) in [5, 5.41) is 0. The maximum atomic E-state index is 14.4. The Balaban J connectivity index is 1.54. The first-order valence-electron chi connectivity index (χ1n) is 8.24. The van der Waals surface area contributed by atoms with E-state index in [-0.39, 0.29) is 6.04 Å². The number of nitrogens with one attached hydrogen (secondary N) is 1. The third-order valence-corrected chi connectivity index (χ3v) is 5.00. The van der Waals surface area contributed by atoms with Gasteiger partial charge in [-0.3, -0.25) is 9.89 Å². The van der Waals surface area contributed by atoms with Crippen molar-refractivity contribution in [3.05, 3.63) is 53.7 Å². The number of rotatable bonds is 3. The molecule has 6 heteroatoms. The summed E-state index contributed by atoms with van der Waals surface area (Å²) < 4.78 is 14.4. The van der Waals surface area contributed by atoms with Gasteiger partial charge < -0.3 is 9.88 Å². The third-order valence-electron chi connectivity index (χ3n) is 4.68. The van der Waals surface area contributed by atoms with E-state index in [4.69, 9.17) is 11.6 Å². The zero-order chi connectivity index (χ0) is 16.5. The van der Waals surface area contributed by atoms with Crippen LogP contribution in [0, 0.1) is 0 Å². The molecule has 2 aromatic rings. The van der Waals surface area contributed by atoms with Gasteiger partial charge in [-0.2, -0.15) is 0 Å². The quantitative estimate of drug-likeness (QED) is 0.683. The highest BCUT2D eigenvalue weighted by molar-refractivity contribution is 6.23. The van der Waals surface area contributed by atoms with E-state index in [2.05, 4.69) is 27.0 Å². The van der Waals surface area contributed by atoms with Gasteiger partial charge in [-0.05, 0) is 11.6 Å². The van der Waals surface area contributed by atoms with Gasteiger partial charge in [-0.15, -0.1) is 0 Å². The molecule has 1 N–H and O–H groups in total. The van der Waals surface area contributed by atoms with E-state index in [0.29, 0.717) is 13.0 Å². The molecule has 1 aromatic heterocycles. The number of nitrogens with zero attached hydrogens (tertiary/aromatic N) is 3. The van der Waals surface area contributed by atoms with Crippen LogP contribution < -0.4 is 4.90 Å². The first-order valence-corrected chi connectivity index (χ1v) is 8.67. The summed E-state index contributed by atoms with van der Waals surface area (Å²) in [7, 11) is 0. The molecule has 0 spiro atoms. The second-order valence-electron chi connectivity index (χ2n) is 6.44. The molecule has 3 heterocycles. The van der Waals surface area contributed by atoms with E-state index in [1.807, 2.05) is 35.4 Å². The number of likely N-dealkylation sites (tertiary alicyclic amines) is 1. The van der Waals surface area contributed by atoms with Crippen LogP contribution in [0.1, 0.15) is 17.5 Å². The number of aromatic nitrogens is 1. The maximum absolute atomic E-state index is 14.4. The molecule has 0 radical (unpaired) electrons. The van der Waals surface area contributed by atoms with Crippen molar-refractivity contribution in [2.75, 3.05) is 18.0 Å². The summed E-state index contributed by atoms with van der Waals surface area (Å²) in [5.41, 5.74) is 1.71. The van der Waals surface area contributed by atoms with Crippen LogP contribution in [0.3, 0.4) is 0 Å².